The predicted octanol–water partition coefficient (Wildman–Crippen LogP) is 3.67. The Bertz CT molecular complexity index is 407. The molecule has 0 aliphatic heterocycles. The summed E-state index contributed by atoms with van der Waals surface area (Å²) in [6.45, 7) is 1.31. The molecule has 2 fully saturated rings. The molecular weight excluding hydrogens is 246 g/mol. The molecule has 0 amide bonds. The lowest BCUT2D eigenvalue weighted by Crippen LogP contribution is -2.41. The minimum absolute atomic E-state index is 0.139. The van der Waals surface area contributed by atoms with Gasteiger partial charge in [-0.25, -0.2) is 0 Å². The van der Waals surface area contributed by atoms with Gasteiger partial charge in [0, 0.05) is 24.6 Å². The number of aliphatic hydroxyl groups is 1. The zero-order valence-electron chi connectivity index (χ0n) is 12.4. The third-order valence-electron chi connectivity index (χ3n) is 5.20. The maximum atomic E-state index is 9.84. The highest BCUT2D eigenvalue weighted by Gasteiger charge is 2.36. The van der Waals surface area contributed by atoms with Crippen LogP contribution in [-0.4, -0.2) is 18.3 Å². The number of aliphatic hydroxyl groups excluding tert-OH is 1. The maximum Gasteiger partial charge on any atom is 0.0499 e. The Kier molecular flexibility index (Phi) is 4.42. The second-order valence-corrected chi connectivity index (χ2v) is 6.83. The van der Waals surface area contributed by atoms with Crippen molar-refractivity contribution in [2.24, 2.45) is 11.3 Å². The first kappa shape index (κ1) is 14.1. The van der Waals surface area contributed by atoms with Gasteiger partial charge in [-0.2, -0.15) is 0 Å². The molecule has 1 atom stereocenters. The van der Waals surface area contributed by atoms with E-state index in [1.807, 2.05) is 0 Å². The fourth-order valence-electron chi connectivity index (χ4n) is 3.67. The predicted molar refractivity (Wildman–Crippen MR) is 82.5 cm³/mol. The van der Waals surface area contributed by atoms with E-state index >= 15 is 0 Å². The number of hydrogen-bond donors (Lipinski definition) is 2. The van der Waals surface area contributed by atoms with E-state index < -0.39 is 0 Å². The van der Waals surface area contributed by atoms with E-state index in [9.17, 15) is 5.11 Å². The minimum atomic E-state index is 0.139. The lowest BCUT2D eigenvalue weighted by Gasteiger charge is -2.37. The second-order valence-electron chi connectivity index (χ2n) is 6.83. The van der Waals surface area contributed by atoms with Crippen LogP contribution in [0.2, 0.25) is 0 Å². The third-order valence-corrected chi connectivity index (χ3v) is 5.20. The summed E-state index contributed by atoms with van der Waals surface area (Å²) in [7, 11) is 0. The van der Waals surface area contributed by atoms with Crippen molar-refractivity contribution in [1.82, 2.24) is 5.32 Å². The van der Waals surface area contributed by atoms with Gasteiger partial charge < -0.3 is 10.4 Å². The van der Waals surface area contributed by atoms with Gasteiger partial charge in [-0.3, -0.25) is 0 Å². The van der Waals surface area contributed by atoms with E-state index in [1.54, 1.807) is 0 Å². The largest absolute Gasteiger partial charge is 0.396 e. The summed E-state index contributed by atoms with van der Waals surface area (Å²) in [4.78, 5) is 0. The molecule has 2 heteroatoms. The Hall–Kier alpha value is -0.860. The summed E-state index contributed by atoms with van der Waals surface area (Å²) in [5.74, 6) is 0.803. The Morgan fingerprint density at radius 3 is 2.40 bits per heavy atom. The molecule has 2 N–H and O–H groups in total. The number of rotatable bonds is 6. The lowest BCUT2D eigenvalue weighted by atomic mass is 9.74. The standard InChI is InChI=1S/C18H27NO/c20-14-18(11-5-2-6-12-18)13-19-17(16-9-10-16)15-7-3-1-4-8-15/h1,3-4,7-8,16-17,19-20H,2,5-6,9-14H2. The molecule has 1 aromatic carbocycles. The molecule has 1 aromatic rings. The Morgan fingerprint density at radius 1 is 1.10 bits per heavy atom. The van der Waals surface area contributed by atoms with Gasteiger partial charge >= 0.3 is 0 Å². The van der Waals surface area contributed by atoms with Crippen molar-refractivity contribution in [2.75, 3.05) is 13.2 Å². The van der Waals surface area contributed by atoms with Crippen molar-refractivity contribution in [3.63, 3.8) is 0 Å². The van der Waals surface area contributed by atoms with Gasteiger partial charge in [0.25, 0.3) is 0 Å². The summed E-state index contributed by atoms with van der Waals surface area (Å²) in [5, 5.41) is 13.6. The molecule has 0 aromatic heterocycles. The van der Waals surface area contributed by atoms with Crippen LogP contribution in [0.3, 0.4) is 0 Å². The van der Waals surface area contributed by atoms with Crippen LogP contribution in [0.15, 0.2) is 30.3 Å². The van der Waals surface area contributed by atoms with Gasteiger partial charge in [0.1, 0.15) is 0 Å². The molecule has 0 radical (unpaired) electrons. The Balaban J connectivity index is 1.65. The van der Waals surface area contributed by atoms with E-state index in [-0.39, 0.29) is 5.41 Å². The number of nitrogens with one attached hydrogen (secondary N) is 1. The monoisotopic (exact) mass is 273 g/mol. The highest BCUT2D eigenvalue weighted by Crippen LogP contribution is 2.42. The van der Waals surface area contributed by atoms with E-state index in [4.69, 9.17) is 0 Å². The van der Waals surface area contributed by atoms with Crippen molar-refractivity contribution in [3.8, 4) is 0 Å². The normalized spacial score (nSPS) is 23.4. The molecule has 2 saturated carbocycles. The molecule has 3 rings (SSSR count). The first-order valence-electron chi connectivity index (χ1n) is 8.22. The first-order chi connectivity index (χ1) is 9.83. The second kappa shape index (κ2) is 6.28. The van der Waals surface area contributed by atoms with Crippen LogP contribution in [0.5, 0.6) is 0 Å². The summed E-state index contributed by atoms with van der Waals surface area (Å²) >= 11 is 0. The van der Waals surface area contributed by atoms with Gasteiger partial charge in [-0.15, -0.1) is 0 Å². The van der Waals surface area contributed by atoms with E-state index in [0.717, 1.165) is 12.5 Å². The smallest absolute Gasteiger partial charge is 0.0499 e. The zero-order valence-corrected chi connectivity index (χ0v) is 12.4. The van der Waals surface area contributed by atoms with Crippen molar-refractivity contribution in [2.45, 2.75) is 51.0 Å². The Morgan fingerprint density at radius 2 is 1.80 bits per heavy atom. The average Bonchev–Trinajstić information content (AvgIpc) is 3.34. The molecule has 20 heavy (non-hydrogen) atoms. The lowest BCUT2D eigenvalue weighted by molar-refractivity contribution is 0.0773. The van der Waals surface area contributed by atoms with Crippen molar-refractivity contribution in [1.29, 1.82) is 0 Å². The van der Waals surface area contributed by atoms with Gasteiger partial charge in [0.15, 0.2) is 0 Å². The molecule has 0 saturated heterocycles. The van der Waals surface area contributed by atoms with E-state index in [2.05, 4.69) is 35.6 Å². The maximum absolute atomic E-state index is 9.84. The molecular formula is C18H27NO. The van der Waals surface area contributed by atoms with Crippen LogP contribution in [0, 0.1) is 11.3 Å². The van der Waals surface area contributed by atoms with Crippen LogP contribution < -0.4 is 5.32 Å². The molecule has 0 spiro atoms. The summed E-state index contributed by atoms with van der Waals surface area (Å²) < 4.78 is 0. The van der Waals surface area contributed by atoms with E-state index in [1.165, 1.54) is 50.5 Å². The minimum Gasteiger partial charge on any atom is -0.396 e. The van der Waals surface area contributed by atoms with Crippen LogP contribution in [0.1, 0.15) is 56.6 Å². The van der Waals surface area contributed by atoms with E-state index in [0.29, 0.717) is 12.6 Å². The summed E-state index contributed by atoms with van der Waals surface area (Å²) in [6, 6.07) is 11.3. The molecule has 0 heterocycles. The fourth-order valence-corrected chi connectivity index (χ4v) is 3.67. The van der Waals surface area contributed by atoms with Gasteiger partial charge in [0.2, 0.25) is 0 Å². The number of benzene rings is 1. The number of hydrogen-bond acceptors (Lipinski definition) is 2. The van der Waals surface area contributed by atoms with Gasteiger partial charge in [-0.05, 0) is 37.2 Å². The third kappa shape index (κ3) is 3.24. The van der Waals surface area contributed by atoms with Gasteiger partial charge in [0.05, 0.1) is 0 Å². The van der Waals surface area contributed by atoms with Crippen molar-refractivity contribution < 1.29 is 5.11 Å². The molecule has 1 unspecified atom stereocenters. The van der Waals surface area contributed by atoms with Crippen molar-refractivity contribution in [3.05, 3.63) is 35.9 Å². The summed E-state index contributed by atoms with van der Waals surface area (Å²) in [5.41, 5.74) is 1.55. The Labute approximate surface area is 122 Å². The van der Waals surface area contributed by atoms with Crippen LogP contribution in [-0.2, 0) is 0 Å². The molecule has 2 aliphatic rings. The highest BCUT2D eigenvalue weighted by molar-refractivity contribution is 5.21. The van der Waals surface area contributed by atoms with Crippen LogP contribution in [0.25, 0.3) is 0 Å². The van der Waals surface area contributed by atoms with Crippen LogP contribution >= 0.6 is 0 Å². The first-order valence-corrected chi connectivity index (χ1v) is 8.22. The fraction of sp³-hybridized carbons (Fsp3) is 0.667. The van der Waals surface area contributed by atoms with Gasteiger partial charge in [-0.1, -0.05) is 49.6 Å². The molecule has 0 bridgehead atoms. The topological polar surface area (TPSA) is 32.3 Å². The highest BCUT2D eigenvalue weighted by atomic mass is 16.3. The average molecular weight is 273 g/mol. The molecule has 2 nitrogen and oxygen atoms in total. The van der Waals surface area contributed by atoms with Crippen LogP contribution in [0.4, 0.5) is 0 Å². The quantitative estimate of drug-likeness (QED) is 0.829. The summed E-state index contributed by atoms with van der Waals surface area (Å²) in [6.07, 6.45) is 8.96. The van der Waals surface area contributed by atoms with Crippen molar-refractivity contribution >= 4 is 0 Å². The molecule has 2 aliphatic carbocycles. The zero-order chi connectivity index (χ0) is 13.8. The molecule has 110 valence electrons. The SMILES string of the molecule is OCC1(CNC(c2ccccc2)C2CC2)CCCCC1.